The van der Waals surface area contributed by atoms with Crippen molar-refractivity contribution in [1.82, 2.24) is 19.9 Å². The molecule has 11 nitrogen and oxygen atoms in total. The molecule has 2 aromatic carbocycles. The van der Waals surface area contributed by atoms with Gasteiger partial charge in [0.05, 0.1) is 27.9 Å². The van der Waals surface area contributed by atoms with E-state index in [9.17, 15) is 22.8 Å². The van der Waals surface area contributed by atoms with Crippen LogP contribution >= 0.6 is 35.0 Å². The number of methoxy groups -OCH3 is 1. The zero-order valence-corrected chi connectivity index (χ0v) is 35.4. The summed E-state index contributed by atoms with van der Waals surface area (Å²) in [6.45, 7) is 4.60. The Kier molecular flexibility index (Phi) is 19.3. The van der Waals surface area contributed by atoms with Crippen LogP contribution in [-0.2, 0) is 29.7 Å². The van der Waals surface area contributed by atoms with Crippen molar-refractivity contribution in [3.63, 3.8) is 0 Å². The van der Waals surface area contributed by atoms with Crippen molar-refractivity contribution in [2.24, 2.45) is 24.1 Å². The largest absolute Gasteiger partial charge is 0.475 e. The minimum absolute atomic E-state index is 0. The molecule has 0 aliphatic heterocycles. The molecule has 59 heavy (non-hydrogen) atoms. The second-order valence-electron chi connectivity index (χ2n) is 14.2. The Morgan fingerprint density at radius 3 is 2.32 bits per heavy atom. The number of thiocyanates is 1. The fourth-order valence-electron chi connectivity index (χ4n) is 6.49. The van der Waals surface area contributed by atoms with Crippen molar-refractivity contribution in [1.29, 1.82) is 5.26 Å². The van der Waals surface area contributed by atoms with Gasteiger partial charge in [0, 0.05) is 32.1 Å². The highest BCUT2D eigenvalue weighted by Gasteiger charge is 2.68. The van der Waals surface area contributed by atoms with Crippen molar-refractivity contribution in [3.8, 4) is 11.3 Å². The van der Waals surface area contributed by atoms with Crippen LogP contribution < -0.4 is 21.1 Å². The molecule has 0 radical (unpaired) electrons. The number of hydrogen-bond acceptors (Lipinski definition) is 10. The maximum absolute atomic E-state index is 13.2. The summed E-state index contributed by atoms with van der Waals surface area (Å²) in [6, 6.07) is 11.8. The number of carbonyl (C=O) groups excluding carboxylic acids is 2. The van der Waals surface area contributed by atoms with Crippen LogP contribution in [0.4, 0.5) is 24.8 Å². The average molecular weight is 881 g/mol. The number of nitrogens with zero attached hydrogens (tertiary/aromatic N) is 4. The first-order valence-corrected chi connectivity index (χ1v) is 20.7. The molecule has 2 aromatic heterocycles. The lowest BCUT2D eigenvalue weighted by Gasteiger charge is -2.20. The third-order valence-electron chi connectivity index (χ3n) is 9.98. The Bertz CT molecular complexity index is 2060. The van der Waals surface area contributed by atoms with E-state index in [-0.39, 0.29) is 50.6 Å². The number of carbonyl (C=O) groups is 2. The Labute approximate surface area is 358 Å². The zero-order valence-electron chi connectivity index (χ0n) is 33.1. The highest BCUT2D eigenvalue weighted by Crippen LogP contribution is 2.57. The number of fused-ring (bicyclic) bond motifs is 1. The molecular formula is C42H54Cl2F3N7O4S. The summed E-state index contributed by atoms with van der Waals surface area (Å²) in [4.78, 5) is 34.0. The quantitative estimate of drug-likeness (QED) is 0.0482. The van der Waals surface area contributed by atoms with Crippen LogP contribution in [0.5, 0.6) is 5.88 Å². The number of anilines is 2. The summed E-state index contributed by atoms with van der Waals surface area (Å²) in [5.41, 5.74) is 6.25. The van der Waals surface area contributed by atoms with Gasteiger partial charge in [0.15, 0.2) is 11.4 Å². The number of nitrogens with one attached hydrogen (secondary N) is 2. The zero-order chi connectivity index (χ0) is 42.5. The lowest BCUT2D eigenvalue weighted by molar-refractivity contribution is -0.192. The molecule has 0 atom stereocenters. The minimum Gasteiger partial charge on any atom is -0.475 e. The number of halogens is 5. The maximum Gasteiger partial charge on any atom is 0.403 e. The Balaban J connectivity index is 0.000000344. The molecule has 2 aliphatic rings. The predicted octanol–water partition coefficient (Wildman–Crippen LogP) is 10.9. The van der Waals surface area contributed by atoms with Gasteiger partial charge in [-0.25, -0.2) is 4.98 Å². The summed E-state index contributed by atoms with van der Waals surface area (Å²) in [7, 11) is 3.24. The first kappa shape index (κ1) is 49.3. The van der Waals surface area contributed by atoms with E-state index in [0.29, 0.717) is 51.6 Å². The number of Topliss-reactive ketones (excluding diaryl/α,β-unsaturated/α-hetero) is 1. The van der Waals surface area contributed by atoms with Crippen LogP contribution in [0.1, 0.15) is 101 Å². The van der Waals surface area contributed by atoms with Crippen LogP contribution in [0.15, 0.2) is 47.4 Å². The first-order chi connectivity index (χ1) is 27.7. The number of aromatic nitrogens is 3. The lowest BCUT2D eigenvalue weighted by atomic mass is 9.86. The predicted molar refractivity (Wildman–Crippen MR) is 229 cm³/mol. The van der Waals surface area contributed by atoms with E-state index in [0.717, 1.165) is 28.1 Å². The SMILES string of the molecule is C.CCCC1CCCCC1.COCCOc1nc2c(cc1C(C)=O)nc(Nc1cc(CNC(=O)C3(C(F)(F)F)CC3)ccc1Cl)n2C.N#CSc1cc(CN)ccc1Cl. The maximum atomic E-state index is 13.2. The van der Waals surface area contributed by atoms with Crippen LogP contribution in [-0.4, -0.2) is 52.7 Å². The third-order valence-corrected chi connectivity index (χ3v) is 11.4. The molecule has 0 unspecified atom stereocenters. The highest BCUT2D eigenvalue weighted by molar-refractivity contribution is 8.03. The van der Waals surface area contributed by atoms with Gasteiger partial charge in [0.2, 0.25) is 17.7 Å². The summed E-state index contributed by atoms with van der Waals surface area (Å²) in [5, 5.41) is 16.8. The molecule has 2 heterocycles. The van der Waals surface area contributed by atoms with E-state index >= 15 is 0 Å². The number of imidazole rings is 1. The van der Waals surface area contributed by atoms with Gasteiger partial charge in [-0.15, -0.1) is 0 Å². The molecular weight excluding hydrogens is 826 g/mol. The van der Waals surface area contributed by atoms with Crippen LogP contribution in [0.3, 0.4) is 0 Å². The molecule has 0 saturated heterocycles. The molecule has 17 heteroatoms. The molecule has 0 bridgehead atoms. The molecule has 0 spiro atoms. The fourth-order valence-corrected chi connectivity index (χ4v) is 7.36. The fraction of sp³-hybridized carbons (Fsp3) is 0.500. The number of pyridine rings is 1. The van der Waals surface area contributed by atoms with Gasteiger partial charge in [-0.2, -0.15) is 23.4 Å². The smallest absolute Gasteiger partial charge is 0.403 e. The van der Waals surface area contributed by atoms with E-state index in [4.69, 9.17) is 43.7 Å². The van der Waals surface area contributed by atoms with Gasteiger partial charge < -0.3 is 25.8 Å². The van der Waals surface area contributed by atoms with Gasteiger partial charge in [-0.05, 0) is 78.9 Å². The second kappa shape index (κ2) is 23.1. The second-order valence-corrected chi connectivity index (χ2v) is 15.9. The summed E-state index contributed by atoms with van der Waals surface area (Å²) >= 11 is 13.2. The first-order valence-electron chi connectivity index (χ1n) is 19.1. The molecule has 322 valence electrons. The average Bonchev–Trinajstić information content (AvgIpc) is 3.98. The number of ketones is 1. The lowest BCUT2D eigenvalue weighted by Crippen LogP contribution is -2.40. The minimum atomic E-state index is -4.57. The van der Waals surface area contributed by atoms with Gasteiger partial charge in [0.1, 0.15) is 22.9 Å². The summed E-state index contributed by atoms with van der Waals surface area (Å²) in [6.07, 6.45) is 5.44. The van der Waals surface area contributed by atoms with Gasteiger partial charge in [0.25, 0.3) is 0 Å². The molecule has 4 N–H and O–H groups in total. The van der Waals surface area contributed by atoms with Crippen molar-refractivity contribution < 1.29 is 32.2 Å². The summed E-state index contributed by atoms with van der Waals surface area (Å²) in [5.74, 6) is 0.343. The standard InChI is InChI=1S/C24H25ClF3N5O4.C9H18.C8H7ClN2S.CH4/c1-13(34)15-11-18-19(32-20(15)37-9-8-36-3)33(2)22(31-18)30-17-10-14(4-5-16(17)25)12-29-21(35)23(6-7-23)24(26,27)28;1-2-6-9-7-4-3-5-8-9;9-7-2-1-6(4-10)3-8(7)12-5-11;/h4-5,10-11H,6-9,12H2,1-3H3,(H,29,35)(H,30,31);9H,2-8H2,1H3;1-3H,4,10H2;1H4. The van der Waals surface area contributed by atoms with E-state index in [1.165, 1.54) is 59.0 Å². The highest BCUT2D eigenvalue weighted by atomic mass is 35.5. The monoisotopic (exact) mass is 879 g/mol. The molecule has 1 amide bonds. The topological polar surface area (TPSA) is 157 Å². The number of hydrogen-bond donors (Lipinski definition) is 3. The van der Waals surface area contributed by atoms with Gasteiger partial charge in [-0.1, -0.05) is 94.6 Å². The van der Waals surface area contributed by atoms with E-state index in [1.807, 2.05) is 17.5 Å². The Morgan fingerprint density at radius 2 is 1.73 bits per heavy atom. The molecule has 2 saturated carbocycles. The number of alkyl halides is 3. The molecule has 2 aliphatic carbocycles. The number of amides is 1. The summed E-state index contributed by atoms with van der Waals surface area (Å²) < 4.78 is 51.8. The Hall–Kier alpha value is -4.07. The van der Waals surface area contributed by atoms with Crippen molar-refractivity contribution in [2.45, 2.75) is 103 Å². The number of nitrogens with two attached hydrogens (primary N) is 1. The normalized spacial score (nSPS) is 14.4. The molecule has 4 aromatic rings. The van der Waals surface area contributed by atoms with Gasteiger partial charge >= 0.3 is 6.18 Å². The molecule has 6 rings (SSSR count). The number of rotatable bonds is 14. The van der Waals surface area contributed by atoms with Crippen LogP contribution in [0.2, 0.25) is 10.0 Å². The van der Waals surface area contributed by atoms with Gasteiger partial charge in [-0.3, -0.25) is 14.2 Å². The van der Waals surface area contributed by atoms with E-state index in [1.54, 1.807) is 41.9 Å². The van der Waals surface area contributed by atoms with Crippen molar-refractivity contribution >= 4 is 69.5 Å². The number of benzene rings is 2. The van der Waals surface area contributed by atoms with Crippen molar-refractivity contribution in [3.05, 3.63) is 69.2 Å². The van der Waals surface area contributed by atoms with Crippen LogP contribution in [0, 0.1) is 22.0 Å². The molecule has 2 fully saturated rings. The van der Waals surface area contributed by atoms with Crippen molar-refractivity contribution in [2.75, 3.05) is 25.6 Å². The Morgan fingerprint density at radius 1 is 1.05 bits per heavy atom. The number of thioether (sulfide) groups is 1. The van der Waals surface area contributed by atoms with E-state index in [2.05, 4.69) is 27.5 Å². The number of ether oxygens (including phenoxy) is 2. The van der Waals surface area contributed by atoms with E-state index < -0.39 is 17.5 Å². The third kappa shape index (κ3) is 13.5. The number of nitriles is 1. The van der Waals surface area contributed by atoms with Crippen LogP contribution in [0.25, 0.3) is 11.2 Å². The number of aryl methyl sites for hydroxylation is 1.